The number of carbonyl (C=O) groups is 1. The number of nitrogens with one attached hydrogen (secondary N) is 2. The van der Waals surface area contributed by atoms with E-state index in [9.17, 15) is 18.0 Å². The Balaban J connectivity index is 2.11. The van der Waals surface area contributed by atoms with Crippen LogP contribution in [0.15, 0.2) is 12.1 Å². The van der Waals surface area contributed by atoms with Crippen LogP contribution in [0.25, 0.3) is 0 Å². The summed E-state index contributed by atoms with van der Waals surface area (Å²) in [5.74, 6) is -0.502. The molecule has 3 nitrogen and oxygen atoms in total. The van der Waals surface area contributed by atoms with Gasteiger partial charge in [-0.3, -0.25) is 4.79 Å². The number of alkyl halides is 2. The van der Waals surface area contributed by atoms with Crippen molar-refractivity contribution in [2.75, 3.05) is 6.54 Å². The van der Waals surface area contributed by atoms with E-state index in [0.717, 1.165) is 19.3 Å². The van der Waals surface area contributed by atoms with Gasteiger partial charge in [-0.05, 0) is 56.2 Å². The van der Waals surface area contributed by atoms with Crippen molar-refractivity contribution in [1.29, 1.82) is 0 Å². The Morgan fingerprint density at radius 1 is 1.25 bits per heavy atom. The van der Waals surface area contributed by atoms with Gasteiger partial charge in [0.25, 0.3) is 0 Å². The molecule has 1 fully saturated rings. The van der Waals surface area contributed by atoms with Crippen molar-refractivity contribution in [1.82, 2.24) is 10.6 Å². The summed E-state index contributed by atoms with van der Waals surface area (Å²) in [7, 11) is 0. The van der Waals surface area contributed by atoms with Crippen LogP contribution in [0.1, 0.15) is 57.6 Å². The Bertz CT molecular complexity index is 675. The molecule has 1 aliphatic carbocycles. The van der Waals surface area contributed by atoms with E-state index in [-0.39, 0.29) is 46.3 Å². The lowest BCUT2D eigenvalue weighted by Gasteiger charge is -2.28. The van der Waals surface area contributed by atoms with Crippen LogP contribution in [0.2, 0.25) is 10.0 Å². The Kier molecular flexibility index (Phi) is 8.90. The van der Waals surface area contributed by atoms with Crippen molar-refractivity contribution in [3.8, 4) is 0 Å². The number of hydrogen-bond donors (Lipinski definition) is 2. The van der Waals surface area contributed by atoms with Crippen LogP contribution in [0.4, 0.5) is 13.2 Å². The highest BCUT2D eigenvalue weighted by atomic mass is 35.5. The molecule has 2 unspecified atom stereocenters. The van der Waals surface area contributed by atoms with E-state index in [1.807, 2.05) is 6.92 Å². The normalized spacial score (nSPS) is 21.7. The van der Waals surface area contributed by atoms with E-state index in [0.29, 0.717) is 12.5 Å². The summed E-state index contributed by atoms with van der Waals surface area (Å²) in [4.78, 5) is 11.2. The molecule has 1 saturated carbocycles. The molecular weight excluding hydrogens is 412 g/mol. The van der Waals surface area contributed by atoms with E-state index >= 15 is 0 Å². The van der Waals surface area contributed by atoms with Crippen LogP contribution >= 0.6 is 23.2 Å². The smallest absolute Gasteiger partial charge is 0.238 e. The second-order valence-electron chi connectivity index (χ2n) is 7.67. The second-order valence-corrected chi connectivity index (χ2v) is 8.45. The zero-order chi connectivity index (χ0) is 20.8. The SMILES string of the molecule is CC(=O)NC1CC[C@@H](CNC(c2c(F)ccc(Cl)c2Cl)[C@@H](C)CCC(F)F)C1. The van der Waals surface area contributed by atoms with E-state index in [1.54, 1.807) is 0 Å². The molecule has 0 aliphatic heterocycles. The predicted octanol–water partition coefficient (Wildman–Crippen LogP) is 5.75. The summed E-state index contributed by atoms with van der Waals surface area (Å²) >= 11 is 12.3. The van der Waals surface area contributed by atoms with E-state index in [2.05, 4.69) is 10.6 Å². The van der Waals surface area contributed by atoms with E-state index in [4.69, 9.17) is 23.2 Å². The summed E-state index contributed by atoms with van der Waals surface area (Å²) in [6, 6.07) is 2.26. The van der Waals surface area contributed by atoms with Crippen LogP contribution in [0.3, 0.4) is 0 Å². The molecule has 1 aromatic rings. The second kappa shape index (κ2) is 10.7. The number of halogens is 5. The van der Waals surface area contributed by atoms with Crippen molar-refractivity contribution >= 4 is 29.1 Å². The average Bonchev–Trinajstić information content (AvgIpc) is 3.05. The number of carbonyl (C=O) groups excluding carboxylic acids is 1. The fourth-order valence-corrected chi connectivity index (χ4v) is 4.38. The molecule has 0 radical (unpaired) electrons. The summed E-state index contributed by atoms with van der Waals surface area (Å²) in [6.45, 7) is 3.89. The van der Waals surface area contributed by atoms with Crippen LogP contribution in [0, 0.1) is 17.7 Å². The molecule has 1 aromatic carbocycles. The van der Waals surface area contributed by atoms with E-state index in [1.165, 1.54) is 19.1 Å². The average molecular weight is 439 g/mol. The highest BCUT2D eigenvalue weighted by Gasteiger charge is 2.30. The standard InChI is InChI=1S/C20H27Cl2F3N2O/c1-11(3-8-17(24)25)20(18-16(23)7-6-15(21)19(18)22)26-10-13-4-5-14(9-13)27-12(2)28/h6-7,11,13-14,17,20,26H,3-5,8-10H2,1-2H3,(H,27,28)/t11-,13+,14?,20?/m0/s1. The van der Waals surface area contributed by atoms with Gasteiger partial charge in [0.2, 0.25) is 12.3 Å². The highest BCUT2D eigenvalue weighted by molar-refractivity contribution is 6.42. The van der Waals surface area contributed by atoms with Crippen LogP contribution in [-0.2, 0) is 4.79 Å². The summed E-state index contributed by atoms with van der Waals surface area (Å²) in [6.07, 6.45) is 0.225. The van der Waals surface area contributed by atoms with Crippen molar-refractivity contribution in [2.24, 2.45) is 11.8 Å². The number of rotatable bonds is 9. The maximum Gasteiger partial charge on any atom is 0.238 e. The summed E-state index contributed by atoms with van der Waals surface area (Å²) in [5.41, 5.74) is 0.229. The minimum absolute atomic E-state index is 0.0510. The number of benzene rings is 1. The van der Waals surface area contributed by atoms with Crippen LogP contribution < -0.4 is 10.6 Å². The fraction of sp³-hybridized carbons (Fsp3) is 0.650. The van der Waals surface area contributed by atoms with Gasteiger partial charge in [-0.15, -0.1) is 0 Å². The van der Waals surface area contributed by atoms with Gasteiger partial charge in [0, 0.05) is 31.0 Å². The van der Waals surface area contributed by atoms with E-state index < -0.39 is 18.3 Å². The first kappa shape index (κ1) is 23.3. The molecule has 0 bridgehead atoms. The largest absolute Gasteiger partial charge is 0.354 e. The van der Waals surface area contributed by atoms with Gasteiger partial charge in [-0.1, -0.05) is 30.1 Å². The molecule has 158 valence electrons. The van der Waals surface area contributed by atoms with Crippen LogP contribution in [-0.4, -0.2) is 24.9 Å². The lowest BCUT2D eigenvalue weighted by atomic mass is 9.89. The molecule has 28 heavy (non-hydrogen) atoms. The lowest BCUT2D eigenvalue weighted by molar-refractivity contribution is -0.119. The Labute approximate surface area is 174 Å². The van der Waals surface area contributed by atoms with Gasteiger partial charge in [0.15, 0.2) is 0 Å². The first-order valence-electron chi connectivity index (χ1n) is 9.61. The maximum absolute atomic E-state index is 14.6. The minimum atomic E-state index is -2.41. The molecule has 8 heteroatoms. The molecule has 0 saturated heterocycles. The molecule has 0 heterocycles. The summed E-state index contributed by atoms with van der Waals surface area (Å²) < 4.78 is 39.9. The minimum Gasteiger partial charge on any atom is -0.354 e. The van der Waals surface area contributed by atoms with Gasteiger partial charge in [0.1, 0.15) is 5.82 Å². The molecular formula is C20H27Cl2F3N2O. The molecule has 0 spiro atoms. The Hall–Kier alpha value is -0.980. The molecule has 1 amide bonds. The zero-order valence-electron chi connectivity index (χ0n) is 16.1. The number of amides is 1. The molecule has 2 rings (SSSR count). The first-order chi connectivity index (χ1) is 13.2. The van der Waals surface area contributed by atoms with Crippen molar-refractivity contribution < 1.29 is 18.0 Å². The van der Waals surface area contributed by atoms with Gasteiger partial charge in [0.05, 0.1) is 10.0 Å². The summed E-state index contributed by atoms with van der Waals surface area (Å²) in [5, 5.41) is 6.62. The third kappa shape index (κ3) is 6.53. The lowest BCUT2D eigenvalue weighted by Crippen LogP contribution is -2.34. The van der Waals surface area contributed by atoms with Crippen molar-refractivity contribution in [3.05, 3.63) is 33.6 Å². The third-order valence-corrected chi connectivity index (χ3v) is 6.19. The predicted molar refractivity (Wildman–Crippen MR) is 107 cm³/mol. The molecule has 1 aliphatic rings. The number of hydrogen-bond acceptors (Lipinski definition) is 2. The molecule has 0 aromatic heterocycles. The quantitative estimate of drug-likeness (QED) is 0.481. The third-order valence-electron chi connectivity index (χ3n) is 5.37. The maximum atomic E-state index is 14.6. The first-order valence-corrected chi connectivity index (χ1v) is 10.4. The highest BCUT2D eigenvalue weighted by Crippen LogP contribution is 2.37. The fourth-order valence-electron chi connectivity index (χ4n) is 3.94. The van der Waals surface area contributed by atoms with Gasteiger partial charge in [-0.25, -0.2) is 13.2 Å². The molecule has 4 atom stereocenters. The topological polar surface area (TPSA) is 41.1 Å². The van der Waals surface area contributed by atoms with Crippen LogP contribution in [0.5, 0.6) is 0 Å². The Morgan fingerprint density at radius 3 is 2.61 bits per heavy atom. The molecule has 2 N–H and O–H groups in total. The van der Waals surface area contributed by atoms with Gasteiger partial charge < -0.3 is 10.6 Å². The Morgan fingerprint density at radius 2 is 1.96 bits per heavy atom. The van der Waals surface area contributed by atoms with Crippen molar-refractivity contribution in [3.63, 3.8) is 0 Å². The van der Waals surface area contributed by atoms with Gasteiger partial charge in [-0.2, -0.15) is 0 Å². The van der Waals surface area contributed by atoms with Gasteiger partial charge >= 0.3 is 0 Å². The zero-order valence-corrected chi connectivity index (χ0v) is 17.6. The van der Waals surface area contributed by atoms with Crippen molar-refractivity contribution in [2.45, 2.75) is 64.5 Å². The monoisotopic (exact) mass is 438 g/mol.